The molecule has 0 saturated heterocycles. The highest BCUT2D eigenvalue weighted by Gasteiger charge is 2.22. The number of para-hydroxylation sites is 1. The van der Waals surface area contributed by atoms with Crippen molar-refractivity contribution in [2.24, 2.45) is 5.10 Å². The van der Waals surface area contributed by atoms with E-state index in [2.05, 4.69) is 31.4 Å². The van der Waals surface area contributed by atoms with Crippen molar-refractivity contribution in [1.82, 2.24) is 10.4 Å². The molecule has 0 aliphatic carbocycles. The van der Waals surface area contributed by atoms with Crippen molar-refractivity contribution in [3.8, 4) is 16.9 Å². The third kappa shape index (κ3) is 5.62. The third-order valence-electron chi connectivity index (χ3n) is 5.98. The number of fused-ring (bicyclic) bond motifs is 1. The second kappa shape index (κ2) is 11.2. The molecule has 1 aromatic heterocycles. The molecule has 0 spiro atoms. The Labute approximate surface area is 236 Å². The van der Waals surface area contributed by atoms with Crippen LogP contribution in [0.2, 0.25) is 5.02 Å². The average molecular weight is 605 g/mol. The van der Waals surface area contributed by atoms with Crippen LogP contribution in [-0.2, 0) is 0 Å². The standard InChI is InChI=1S/C30H20BrClFN3O3/c1-17-9-11-18(12-10-17)30(38)39-25-14-13-20(31)15-19(25)16-34-36-29(37)28-26(21-5-2-3-7-23(21)32)22-6-4-8-24(33)27(22)35-28/h2-16,35H,1H3,(H,36,37). The number of carbonyl (C=O) groups is 2. The Balaban J connectivity index is 1.43. The van der Waals surface area contributed by atoms with E-state index in [4.69, 9.17) is 16.3 Å². The van der Waals surface area contributed by atoms with Gasteiger partial charge in [0, 0.05) is 31.6 Å². The molecule has 0 aliphatic heterocycles. The number of hydrazone groups is 1. The van der Waals surface area contributed by atoms with Gasteiger partial charge in [-0.25, -0.2) is 14.6 Å². The number of benzene rings is 4. The highest BCUT2D eigenvalue weighted by atomic mass is 79.9. The zero-order valence-electron chi connectivity index (χ0n) is 20.5. The van der Waals surface area contributed by atoms with E-state index in [0.29, 0.717) is 32.7 Å². The molecule has 194 valence electrons. The Bertz CT molecular complexity index is 1750. The number of aromatic amines is 1. The molecule has 2 N–H and O–H groups in total. The topological polar surface area (TPSA) is 83.5 Å². The van der Waals surface area contributed by atoms with Gasteiger partial charge in [-0.2, -0.15) is 5.10 Å². The number of amides is 1. The van der Waals surface area contributed by atoms with E-state index >= 15 is 0 Å². The largest absolute Gasteiger partial charge is 0.422 e. The van der Waals surface area contributed by atoms with E-state index in [1.54, 1.807) is 66.7 Å². The van der Waals surface area contributed by atoms with Gasteiger partial charge in [-0.1, -0.05) is 75.6 Å². The Morgan fingerprint density at radius 3 is 2.56 bits per heavy atom. The van der Waals surface area contributed by atoms with Crippen LogP contribution in [0.15, 0.2) is 94.5 Å². The predicted molar refractivity (Wildman–Crippen MR) is 154 cm³/mol. The molecule has 0 radical (unpaired) electrons. The lowest BCUT2D eigenvalue weighted by Gasteiger charge is -2.09. The number of nitrogens with zero attached hydrogens (tertiary/aromatic N) is 1. The first-order chi connectivity index (χ1) is 18.8. The van der Waals surface area contributed by atoms with Crippen molar-refractivity contribution >= 4 is 56.5 Å². The monoisotopic (exact) mass is 603 g/mol. The molecular weight excluding hydrogens is 585 g/mol. The fourth-order valence-electron chi connectivity index (χ4n) is 4.07. The number of halogens is 3. The first-order valence-corrected chi connectivity index (χ1v) is 13.0. The maximum absolute atomic E-state index is 14.6. The van der Waals surface area contributed by atoms with Gasteiger partial charge < -0.3 is 9.72 Å². The van der Waals surface area contributed by atoms with Crippen LogP contribution in [0.4, 0.5) is 4.39 Å². The van der Waals surface area contributed by atoms with Crippen molar-refractivity contribution in [2.75, 3.05) is 0 Å². The second-order valence-electron chi connectivity index (χ2n) is 8.65. The van der Waals surface area contributed by atoms with Gasteiger partial charge in [-0.3, -0.25) is 4.79 Å². The van der Waals surface area contributed by atoms with Crippen LogP contribution >= 0.6 is 27.5 Å². The summed E-state index contributed by atoms with van der Waals surface area (Å²) >= 11 is 9.83. The fraction of sp³-hybridized carbons (Fsp3) is 0.0333. The molecule has 5 rings (SSSR count). The molecular formula is C30H20BrClFN3O3. The molecule has 0 saturated carbocycles. The lowest BCUT2D eigenvalue weighted by molar-refractivity contribution is 0.0734. The van der Waals surface area contributed by atoms with Crippen LogP contribution < -0.4 is 10.2 Å². The summed E-state index contributed by atoms with van der Waals surface area (Å²) in [6, 6.07) is 23.6. The van der Waals surface area contributed by atoms with Crippen LogP contribution in [-0.4, -0.2) is 23.1 Å². The lowest BCUT2D eigenvalue weighted by atomic mass is 10.0. The van der Waals surface area contributed by atoms with Crippen molar-refractivity contribution in [1.29, 1.82) is 0 Å². The number of hydrogen-bond donors (Lipinski definition) is 2. The van der Waals surface area contributed by atoms with Gasteiger partial charge in [0.2, 0.25) is 0 Å². The van der Waals surface area contributed by atoms with E-state index in [-0.39, 0.29) is 17.0 Å². The second-order valence-corrected chi connectivity index (χ2v) is 9.98. The highest BCUT2D eigenvalue weighted by molar-refractivity contribution is 9.10. The SMILES string of the molecule is Cc1ccc(C(=O)Oc2ccc(Br)cc2C=NNC(=O)c2[nH]c3c(F)cccc3c2-c2ccccc2Cl)cc1. The van der Waals surface area contributed by atoms with Crippen molar-refractivity contribution in [3.05, 3.63) is 123 Å². The summed E-state index contributed by atoms with van der Waals surface area (Å²) < 4.78 is 20.9. The van der Waals surface area contributed by atoms with E-state index in [1.807, 2.05) is 19.1 Å². The molecule has 0 aliphatic rings. The zero-order valence-corrected chi connectivity index (χ0v) is 22.8. The minimum Gasteiger partial charge on any atom is -0.422 e. The Kier molecular flexibility index (Phi) is 7.58. The molecule has 1 heterocycles. The maximum atomic E-state index is 14.6. The number of esters is 1. The third-order valence-corrected chi connectivity index (χ3v) is 6.81. The first-order valence-electron chi connectivity index (χ1n) is 11.8. The first kappa shape index (κ1) is 26.3. The smallest absolute Gasteiger partial charge is 0.343 e. The lowest BCUT2D eigenvalue weighted by Crippen LogP contribution is -2.19. The molecule has 1 amide bonds. The van der Waals surface area contributed by atoms with Crippen LogP contribution in [0.1, 0.15) is 32.0 Å². The van der Waals surface area contributed by atoms with Gasteiger partial charge >= 0.3 is 5.97 Å². The molecule has 0 bridgehead atoms. The summed E-state index contributed by atoms with van der Waals surface area (Å²) in [5.41, 5.74) is 5.65. The summed E-state index contributed by atoms with van der Waals surface area (Å²) in [6.07, 6.45) is 1.36. The van der Waals surface area contributed by atoms with E-state index in [0.717, 1.165) is 10.0 Å². The number of aryl methyl sites for hydroxylation is 1. The average Bonchev–Trinajstić information content (AvgIpc) is 3.31. The molecule has 6 nitrogen and oxygen atoms in total. The normalized spacial score (nSPS) is 11.2. The van der Waals surface area contributed by atoms with Crippen LogP contribution in [0, 0.1) is 12.7 Å². The minimum atomic E-state index is -0.607. The van der Waals surface area contributed by atoms with Gasteiger partial charge in [-0.05, 0) is 49.4 Å². The maximum Gasteiger partial charge on any atom is 0.343 e. The minimum absolute atomic E-state index is 0.0978. The summed E-state index contributed by atoms with van der Waals surface area (Å²) in [5.74, 6) is -1.38. The van der Waals surface area contributed by atoms with Crippen LogP contribution in [0.5, 0.6) is 5.75 Å². The molecule has 0 atom stereocenters. The Morgan fingerprint density at radius 1 is 1.03 bits per heavy atom. The number of aromatic nitrogens is 1. The van der Waals surface area contributed by atoms with Crippen LogP contribution in [0.25, 0.3) is 22.0 Å². The number of hydrogen-bond acceptors (Lipinski definition) is 4. The number of H-pyrrole nitrogens is 1. The molecule has 4 aromatic carbocycles. The van der Waals surface area contributed by atoms with Gasteiger partial charge in [0.15, 0.2) is 0 Å². The van der Waals surface area contributed by atoms with E-state index < -0.39 is 17.7 Å². The summed E-state index contributed by atoms with van der Waals surface area (Å²) in [4.78, 5) is 28.8. The number of carbonyl (C=O) groups excluding carboxylic acids is 2. The quantitative estimate of drug-likeness (QED) is 0.0902. The van der Waals surface area contributed by atoms with E-state index in [1.165, 1.54) is 12.3 Å². The van der Waals surface area contributed by atoms with Crippen LogP contribution in [0.3, 0.4) is 0 Å². The molecule has 0 unspecified atom stereocenters. The highest BCUT2D eigenvalue weighted by Crippen LogP contribution is 2.37. The number of ether oxygens (including phenoxy) is 1. The number of rotatable bonds is 6. The van der Waals surface area contributed by atoms with Gasteiger partial charge in [0.25, 0.3) is 5.91 Å². The van der Waals surface area contributed by atoms with Gasteiger partial charge in [0.1, 0.15) is 17.3 Å². The molecule has 0 fully saturated rings. The van der Waals surface area contributed by atoms with Gasteiger partial charge in [-0.15, -0.1) is 0 Å². The van der Waals surface area contributed by atoms with Gasteiger partial charge in [0.05, 0.1) is 17.3 Å². The predicted octanol–water partition coefficient (Wildman–Crippen LogP) is 7.68. The number of nitrogens with one attached hydrogen (secondary N) is 2. The summed E-state index contributed by atoms with van der Waals surface area (Å²) in [6.45, 7) is 1.93. The Morgan fingerprint density at radius 2 is 1.79 bits per heavy atom. The van der Waals surface area contributed by atoms with Crippen molar-refractivity contribution < 1.29 is 18.7 Å². The molecule has 5 aromatic rings. The van der Waals surface area contributed by atoms with Crippen molar-refractivity contribution in [2.45, 2.75) is 6.92 Å². The van der Waals surface area contributed by atoms with Crippen molar-refractivity contribution in [3.63, 3.8) is 0 Å². The summed E-state index contributed by atoms with van der Waals surface area (Å²) in [5, 5.41) is 5.00. The fourth-order valence-corrected chi connectivity index (χ4v) is 4.68. The molecule has 39 heavy (non-hydrogen) atoms. The zero-order chi connectivity index (χ0) is 27.5. The molecule has 9 heteroatoms. The summed E-state index contributed by atoms with van der Waals surface area (Å²) in [7, 11) is 0. The Hall–Kier alpha value is -4.27. The van der Waals surface area contributed by atoms with E-state index in [9.17, 15) is 14.0 Å².